The van der Waals surface area contributed by atoms with E-state index in [9.17, 15) is 4.79 Å². The number of rotatable bonds is 3. The topological polar surface area (TPSA) is 59.4 Å². The molecule has 4 heteroatoms. The molecular weight excluding hydrogens is 254 g/mol. The van der Waals surface area contributed by atoms with Gasteiger partial charge in [-0.15, -0.1) is 0 Å². The second kappa shape index (κ2) is 4.81. The Morgan fingerprint density at radius 1 is 1.25 bits per heavy atom. The van der Waals surface area contributed by atoms with Crippen LogP contribution >= 0.6 is 0 Å². The second-order valence-electron chi connectivity index (χ2n) is 4.49. The van der Waals surface area contributed by atoms with Crippen LogP contribution in [0.25, 0.3) is 11.1 Å². The lowest BCUT2D eigenvalue weighted by Crippen LogP contribution is -2.23. The predicted molar refractivity (Wildman–Crippen MR) is 75.6 cm³/mol. The van der Waals surface area contributed by atoms with Crippen LogP contribution in [0.15, 0.2) is 42.5 Å². The van der Waals surface area contributed by atoms with Crippen molar-refractivity contribution in [3.63, 3.8) is 0 Å². The smallest absolute Gasteiger partial charge is 0.218 e. The van der Waals surface area contributed by atoms with E-state index in [1.54, 1.807) is 13.2 Å². The molecule has 1 aliphatic rings. The van der Waals surface area contributed by atoms with E-state index < -0.39 is 6.10 Å². The molecule has 100 valence electrons. The van der Waals surface area contributed by atoms with Crippen molar-refractivity contribution in [1.29, 1.82) is 5.41 Å². The SMILES string of the molecule is COc1ccc2c(c1)C(C(=O)C=N)Oc1ccccc1-2. The first kappa shape index (κ1) is 12.4. The molecular formula is C16H13NO3. The number of carbonyl (C=O) groups excluding carboxylic acids is 1. The molecule has 0 bridgehead atoms. The number of fused-ring (bicyclic) bond motifs is 3. The highest BCUT2D eigenvalue weighted by atomic mass is 16.5. The maximum absolute atomic E-state index is 11.9. The summed E-state index contributed by atoms with van der Waals surface area (Å²) >= 11 is 0. The molecule has 0 fully saturated rings. The van der Waals surface area contributed by atoms with Crippen LogP contribution in [0.2, 0.25) is 0 Å². The van der Waals surface area contributed by atoms with Crippen LogP contribution in [0.5, 0.6) is 11.5 Å². The van der Waals surface area contributed by atoms with Gasteiger partial charge in [-0.1, -0.05) is 24.3 Å². The first-order valence-electron chi connectivity index (χ1n) is 6.23. The maximum atomic E-state index is 11.9. The Morgan fingerprint density at radius 2 is 2.05 bits per heavy atom. The van der Waals surface area contributed by atoms with Gasteiger partial charge in [0.15, 0.2) is 6.10 Å². The Hall–Kier alpha value is -2.62. The van der Waals surface area contributed by atoms with Crippen molar-refractivity contribution >= 4 is 12.0 Å². The fourth-order valence-corrected chi connectivity index (χ4v) is 2.40. The fraction of sp³-hybridized carbons (Fsp3) is 0.125. The molecule has 1 heterocycles. The number of para-hydroxylation sites is 1. The van der Waals surface area contributed by atoms with Crippen molar-refractivity contribution < 1.29 is 14.3 Å². The molecule has 20 heavy (non-hydrogen) atoms. The van der Waals surface area contributed by atoms with Gasteiger partial charge in [-0.3, -0.25) is 4.79 Å². The Balaban J connectivity index is 2.22. The molecule has 0 radical (unpaired) electrons. The third-order valence-electron chi connectivity index (χ3n) is 3.36. The summed E-state index contributed by atoms with van der Waals surface area (Å²) in [6.45, 7) is 0. The van der Waals surface area contributed by atoms with E-state index in [1.807, 2.05) is 36.4 Å². The Labute approximate surface area is 116 Å². The molecule has 1 unspecified atom stereocenters. The summed E-state index contributed by atoms with van der Waals surface area (Å²) < 4.78 is 11.0. The third kappa shape index (κ3) is 1.86. The number of hydrogen-bond acceptors (Lipinski definition) is 4. The zero-order valence-electron chi connectivity index (χ0n) is 10.9. The van der Waals surface area contributed by atoms with Crippen molar-refractivity contribution in [2.45, 2.75) is 6.10 Å². The maximum Gasteiger partial charge on any atom is 0.218 e. The van der Waals surface area contributed by atoms with E-state index in [1.165, 1.54) is 0 Å². The molecule has 0 aromatic heterocycles. The van der Waals surface area contributed by atoms with Crippen LogP contribution in [-0.2, 0) is 4.79 Å². The third-order valence-corrected chi connectivity index (χ3v) is 3.36. The molecule has 0 amide bonds. The van der Waals surface area contributed by atoms with E-state index in [-0.39, 0.29) is 5.78 Å². The van der Waals surface area contributed by atoms with Gasteiger partial charge in [-0.05, 0) is 23.8 Å². The highest BCUT2D eigenvalue weighted by Crippen LogP contribution is 2.43. The number of ketones is 1. The van der Waals surface area contributed by atoms with E-state index in [2.05, 4.69) is 0 Å². The highest BCUT2D eigenvalue weighted by molar-refractivity contribution is 6.28. The number of carbonyl (C=O) groups is 1. The summed E-state index contributed by atoms with van der Waals surface area (Å²) in [5.74, 6) is 0.939. The van der Waals surface area contributed by atoms with E-state index >= 15 is 0 Å². The minimum atomic E-state index is -0.785. The van der Waals surface area contributed by atoms with Gasteiger partial charge in [0, 0.05) is 11.1 Å². The second-order valence-corrected chi connectivity index (χ2v) is 4.49. The predicted octanol–water partition coefficient (Wildman–Crippen LogP) is 3.01. The summed E-state index contributed by atoms with van der Waals surface area (Å²) in [6.07, 6.45) is 0.00879. The molecule has 1 N–H and O–H groups in total. The lowest BCUT2D eigenvalue weighted by atomic mass is 9.91. The minimum Gasteiger partial charge on any atom is -0.497 e. The van der Waals surface area contributed by atoms with Crippen molar-refractivity contribution in [2.75, 3.05) is 7.11 Å². The summed E-state index contributed by atoms with van der Waals surface area (Å²) in [6, 6.07) is 13.1. The summed E-state index contributed by atoms with van der Waals surface area (Å²) in [7, 11) is 1.58. The Bertz CT molecular complexity index is 694. The first-order chi connectivity index (χ1) is 9.74. The number of ether oxygens (including phenoxy) is 2. The summed E-state index contributed by atoms with van der Waals surface area (Å²) in [4.78, 5) is 11.9. The molecule has 0 aliphatic carbocycles. The average molecular weight is 267 g/mol. The number of benzene rings is 2. The molecule has 1 aliphatic heterocycles. The van der Waals surface area contributed by atoms with Crippen LogP contribution in [0, 0.1) is 5.41 Å². The largest absolute Gasteiger partial charge is 0.497 e. The van der Waals surface area contributed by atoms with Crippen molar-refractivity contribution in [3.8, 4) is 22.6 Å². The van der Waals surface area contributed by atoms with Gasteiger partial charge < -0.3 is 14.9 Å². The van der Waals surface area contributed by atoms with Gasteiger partial charge in [-0.25, -0.2) is 0 Å². The molecule has 2 aromatic carbocycles. The van der Waals surface area contributed by atoms with E-state index in [0.717, 1.165) is 22.9 Å². The zero-order chi connectivity index (χ0) is 14.1. The van der Waals surface area contributed by atoms with Gasteiger partial charge >= 0.3 is 0 Å². The lowest BCUT2D eigenvalue weighted by molar-refractivity contribution is -0.119. The van der Waals surface area contributed by atoms with Crippen molar-refractivity contribution in [1.82, 2.24) is 0 Å². The molecule has 3 rings (SSSR count). The monoisotopic (exact) mass is 267 g/mol. The van der Waals surface area contributed by atoms with Gasteiger partial charge in [0.2, 0.25) is 5.78 Å². The summed E-state index contributed by atoms with van der Waals surface area (Å²) in [5, 5.41) is 7.18. The highest BCUT2D eigenvalue weighted by Gasteiger charge is 2.30. The van der Waals surface area contributed by atoms with E-state index in [4.69, 9.17) is 14.9 Å². The number of methoxy groups -OCH3 is 1. The summed E-state index contributed by atoms with van der Waals surface area (Å²) in [5.41, 5.74) is 2.61. The van der Waals surface area contributed by atoms with Gasteiger partial charge in [0.25, 0.3) is 0 Å². The minimum absolute atomic E-state index is 0.381. The molecule has 0 saturated carbocycles. The van der Waals surface area contributed by atoms with Crippen LogP contribution in [0.3, 0.4) is 0 Å². The molecule has 4 nitrogen and oxygen atoms in total. The van der Waals surface area contributed by atoms with Crippen molar-refractivity contribution in [2.24, 2.45) is 0 Å². The average Bonchev–Trinajstić information content (AvgIpc) is 2.52. The van der Waals surface area contributed by atoms with Gasteiger partial charge in [-0.2, -0.15) is 0 Å². The van der Waals surface area contributed by atoms with Crippen molar-refractivity contribution in [3.05, 3.63) is 48.0 Å². The molecule has 0 spiro atoms. The van der Waals surface area contributed by atoms with Crippen LogP contribution < -0.4 is 9.47 Å². The lowest BCUT2D eigenvalue weighted by Gasteiger charge is -2.27. The van der Waals surface area contributed by atoms with Gasteiger partial charge in [0.05, 0.1) is 13.3 Å². The molecule has 2 aromatic rings. The Kier molecular flexibility index (Phi) is 2.99. The fourth-order valence-electron chi connectivity index (χ4n) is 2.40. The number of hydrogen-bond donors (Lipinski definition) is 1. The number of nitrogens with one attached hydrogen (secondary N) is 1. The number of Topliss-reactive ketones (excluding diaryl/α,β-unsaturated/α-hetero) is 1. The zero-order valence-corrected chi connectivity index (χ0v) is 10.9. The Morgan fingerprint density at radius 3 is 2.80 bits per heavy atom. The van der Waals surface area contributed by atoms with E-state index in [0.29, 0.717) is 11.5 Å². The van der Waals surface area contributed by atoms with Crippen LogP contribution in [0.4, 0.5) is 0 Å². The normalized spacial score (nSPS) is 15.6. The molecule has 0 saturated heterocycles. The first-order valence-corrected chi connectivity index (χ1v) is 6.23. The quantitative estimate of drug-likeness (QED) is 0.869. The standard InChI is InChI=1S/C16H13NO3/c1-19-10-6-7-11-12-4-2-3-5-15(12)20-16(13(11)8-10)14(18)9-17/h2-9,16-17H,1H3. The van der Waals surface area contributed by atoms with Crippen LogP contribution in [0.1, 0.15) is 11.7 Å². The van der Waals surface area contributed by atoms with Gasteiger partial charge in [0.1, 0.15) is 11.5 Å². The molecule has 1 atom stereocenters. The van der Waals surface area contributed by atoms with Crippen LogP contribution in [-0.4, -0.2) is 19.1 Å².